The van der Waals surface area contributed by atoms with Crippen LogP contribution in [0.5, 0.6) is 0 Å². The van der Waals surface area contributed by atoms with Crippen LogP contribution in [0.4, 0.5) is 0 Å². The lowest BCUT2D eigenvalue weighted by Gasteiger charge is -1.99. The third-order valence-electron chi connectivity index (χ3n) is 3.33. The quantitative estimate of drug-likeness (QED) is 0.578. The second kappa shape index (κ2) is 4.46. The van der Waals surface area contributed by atoms with Crippen molar-refractivity contribution in [1.29, 1.82) is 0 Å². The van der Waals surface area contributed by atoms with Gasteiger partial charge >= 0.3 is 0 Å². The molecule has 0 aliphatic carbocycles. The number of halogens is 1. The summed E-state index contributed by atoms with van der Waals surface area (Å²) in [7, 11) is 0. The van der Waals surface area contributed by atoms with Gasteiger partial charge in [-0.05, 0) is 18.2 Å². The zero-order valence-electron chi connectivity index (χ0n) is 10.8. The molecule has 0 spiro atoms. The average Bonchev–Trinajstić information content (AvgIpc) is 2.87. The molecule has 0 amide bonds. The lowest BCUT2D eigenvalue weighted by atomic mass is 10.2. The highest BCUT2D eigenvalue weighted by Gasteiger charge is 2.14. The van der Waals surface area contributed by atoms with E-state index >= 15 is 0 Å². The number of hydrogen-bond acceptors (Lipinski definition) is 3. The number of hydrogen-bond donors (Lipinski definition) is 1. The Balaban J connectivity index is 2.11. The summed E-state index contributed by atoms with van der Waals surface area (Å²) in [6.07, 6.45) is 0. The van der Waals surface area contributed by atoms with Gasteiger partial charge in [0.2, 0.25) is 5.58 Å². The molecule has 1 N–H and O–H groups in total. The Labute approximate surface area is 124 Å². The minimum atomic E-state index is -0.300. The molecule has 5 heteroatoms. The second-order valence-electron chi connectivity index (χ2n) is 4.70. The molecule has 0 unspecified atom stereocenters. The monoisotopic (exact) mass is 296 g/mol. The first-order chi connectivity index (χ1) is 10.2. The van der Waals surface area contributed by atoms with Crippen molar-refractivity contribution in [3.8, 4) is 11.4 Å². The average molecular weight is 297 g/mol. The molecule has 102 valence electrons. The predicted molar refractivity (Wildman–Crippen MR) is 82.6 cm³/mol. The van der Waals surface area contributed by atoms with E-state index in [1.54, 1.807) is 18.2 Å². The summed E-state index contributed by atoms with van der Waals surface area (Å²) < 4.78 is 5.56. The molecule has 21 heavy (non-hydrogen) atoms. The molecule has 4 aromatic rings. The number of nitrogens with one attached hydrogen (secondary N) is 1. The van der Waals surface area contributed by atoms with Gasteiger partial charge < -0.3 is 9.40 Å². The second-order valence-corrected chi connectivity index (χ2v) is 5.14. The molecular formula is C16H9ClN2O2. The van der Waals surface area contributed by atoms with E-state index in [1.165, 1.54) is 0 Å². The molecule has 2 aromatic carbocycles. The van der Waals surface area contributed by atoms with Crippen LogP contribution in [0, 0.1) is 0 Å². The van der Waals surface area contributed by atoms with Gasteiger partial charge in [0.15, 0.2) is 0 Å². The number of aromatic amines is 1. The molecular weight excluding hydrogens is 288 g/mol. The maximum atomic E-state index is 12.2. The third kappa shape index (κ3) is 1.92. The van der Waals surface area contributed by atoms with Crippen molar-refractivity contribution < 1.29 is 4.42 Å². The zero-order chi connectivity index (χ0) is 14.4. The summed E-state index contributed by atoms with van der Waals surface area (Å²) in [5.41, 5.74) is 1.87. The number of benzene rings is 2. The number of nitrogens with zero attached hydrogens (tertiary/aromatic N) is 1. The molecule has 2 aromatic heterocycles. The number of aromatic nitrogens is 2. The first-order valence-corrected chi connectivity index (χ1v) is 6.78. The predicted octanol–water partition coefficient (Wildman–Crippen LogP) is 3.99. The van der Waals surface area contributed by atoms with Gasteiger partial charge in [0.1, 0.15) is 16.9 Å². The summed E-state index contributed by atoms with van der Waals surface area (Å²) in [5, 5.41) is 1.31. The molecule has 0 fully saturated rings. The molecule has 0 aliphatic heterocycles. The Morgan fingerprint density at radius 2 is 1.90 bits per heavy atom. The Bertz CT molecular complexity index is 1020. The molecule has 0 bridgehead atoms. The summed E-state index contributed by atoms with van der Waals surface area (Å²) in [5.74, 6) is 0.510. The van der Waals surface area contributed by atoms with Crippen molar-refractivity contribution in [2.24, 2.45) is 0 Å². The van der Waals surface area contributed by atoms with Gasteiger partial charge in [-0.1, -0.05) is 41.9 Å². The van der Waals surface area contributed by atoms with Crippen LogP contribution in [0.25, 0.3) is 33.5 Å². The summed E-state index contributed by atoms with van der Waals surface area (Å²) in [4.78, 5) is 19.5. The first kappa shape index (κ1) is 12.2. The highest BCUT2D eigenvalue weighted by Crippen LogP contribution is 2.28. The molecule has 0 saturated carbocycles. The molecule has 0 aliphatic rings. The van der Waals surface area contributed by atoms with Crippen LogP contribution in [0.2, 0.25) is 5.02 Å². The van der Waals surface area contributed by atoms with Crippen molar-refractivity contribution in [1.82, 2.24) is 9.97 Å². The highest BCUT2D eigenvalue weighted by atomic mass is 35.5. The largest absolute Gasteiger partial charge is 0.449 e. The molecule has 0 radical (unpaired) electrons. The van der Waals surface area contributed by atoms with Crippen LogP contribution in [0.3, 0.4) is 0 Å². The van der Waals surface area contributed by atoms with Crippen molar-refractivity contribution in [2.45, 2.75) is 0 Å². The van der Waals surface area contributed by atoms with E-state index in [0.29, 0.717) is 21.9 Å². The SMILES string of the molecule is O=c1[nH]c(-c2ccccc2)nc2c1oc1ccc(Cl)cc12. The van der Waals surface area contributed by atoms with E-state index in [9.17, 15) is 4.79 Å². The molecule has 4 nitrogen and oxygen atoms in total. The van der Waals surface area contributed by atoms with Crippen LogP contribution in [0.15, 0.2) is 57.7 Å². The van der Waals surface area contributed by atoms with Crippen LogP contribution in [-0.4, -0.2) is 9.97 Å². The number of furan rings is 1. The fraction of sp³-hybridized carbons (Fsp3) is 0. The summed E-state index contributed by atoms with van der Waals surface area (Å²) in [6.45, 7) is 0. The van der Waals surface area contributed by atoms with E-state index in [4.69, 9.17) is 16.0 Å². The van der Waals surface area contributed by atoms with E-state index in [0.717, 1.165) is 10.9 Å². The van der Waals surface area contributed by atoms with E-state index in [-0.39, 0.29) is 11.1 Å². The minimum absolute atomic E-state index is 0.215. The van der Waals surface area contributed by atoms with E-state index in [2.05, 4.69) is 9.97 Å². The van der Waals surface area contributed by atoms with Crippen molar-refractivity contribution in [2.75, 3.05) is 0 Å². The van der Waals surface area contributed by atoms with Gasteiger partial charge in [0.05, 0.1) is 0 Å². The van der Waals surface area contributed by atoms with Crippen molar-refractivity contribution in [3.63, 3.8) is 0 Å². The molecule has 4 rings (SSSR count). The lowest BCUT2D eigenvalue weighted by molar-refractivity contribution is 0.661. The maximum absolute atomic E-state index is 12.2. The number of rotatable bonds is 1. The fourth-order valence-corrected chi connectivity index (χ4v) is 2.53. The Morgan fingerprint density at radius 1 is 1.10 bits per heavy atom. The number of H-pyrrole nitrogens is 1. The van der Waals surface area contributed by atoms with Gasteiger partial charge in [-0.2, -0.15) is 0 Å². The van der Waals surface area contributed by atoms with Gasteiger partial charge in [0.25, 0.3) is 5.56 Å². The fourth-order valence-electron chi connectivity index (χ4n) is 2.36. The molecule has 0 atom stereocenters. The Morgan fingerprint density at radius 3 is 2.71 bits per heavy atom. The smallest absolute Gasteiger partial charge is 0.294 e. The highest BCUT2D eigenvalue weighted by molar-refractivity contribution is 6.31. The van der Waals surface area contributed by atoms with Gasteiger partial charge in [-0.3, -0.25) is 4.79 Å². The first-order valence-electron chi connectivity index (χ1n) is 6.40. The third-order valence-corrected chi connectivity index (χ3v) is 3.57. The molecule has 2 heterocycles. The standard InChI is InChI=1S/C16H9ClN2O2/c17-10-6-7-12-11(8-10)13-14(21-12)16(20)19-15(18-13)9-4-2-1-3-5-9/h1-8H,(H,18,19,20). The summed E-state index contributed by atoms with van der Waals surface area (Å²) in [6, 6.07) is 14.7. The Kier molecular flexibility index (Phi) is 2.59. The van der Waals surface area contributed by atoms with E-state index in [1.807, 2.05) is 30.3 Å². The normalized spacial score (nSPS) is 11.3. The number of fused-ring (bicyclic) bond motifs is 3. The van der Waals surface area contributed by atoms with Crippen molar-refractivity contribution in [3.05, 3.63) is 63.9 Å². The summed E-state index contributed by atoms with van der Waals surface area (Å²) >= 11 is 6.02. The van der Waals surface area contributed by atoms with Gasteiger partial charge in [-0.15, -0.1) is 0 Å². The van der Waals surface area contributed by atoms with Crippen LogP contribution < -0.4 is 5.56 Å². The minimum Gasteiger partial charge on any atom is -0.449 e. The van der Waals surface area contributed by atoms with Crippen LogP contribution in [-0.2, 0) is 0 Å². The Hall–Kier alpha value is -2.59. The van der Waals surface area contributed by atoms with Crippen molar-refractivity contribution >= 4 is 33.7 Å². The molecule has 0 saturated heterocycles. The van der Waals surface area contributed by atoms with E-state index < -0.39 is 0 Å². The lowest BCUT2D eigenvalue weighted by Crippen LogP contribution is -2.08. The van der Waals surface area contributed by atoms with Crippen LogP contribution >= 0.6 is 11.6 Å². The zero-order valence-corrected chi connectivity index (χ0v) is 11.5. The maximum Gasteiger partial charge on any atom is 0.294 e. The van der Waals surface area contributed by atoms with Gasteiger partial charge in [0, 0.05) is 16.0 Å². The van der Waals surface area contributed by atoms with Gasteiger partial charge in [-0.25, -0.2) is 4.98 Å². The topological polar surface area (TPSA) is 58.9 Å². The van der Waals surface area contributed by atoms with Crippen LogP contribution in [0.1, 0.15) is 0 Å².